The molecule has 132 valence electrons. The molecule has 1 aromatic rings. The van der Waals surface area contributed by atoms with Gasteiger partial charge in [0.1, 0.15) is 6.61 Å². The second-order valence-corrected chi connectivity index (χ2v) is 4.74. The first-order valence-corrected chi connectivity index (χ1v) is 7.19. The van der Waals surface area contributed by atoms with Gasteiger partial charge in [-0.15, -0.1) is 0 Å². The summed E-state index contributed by atoms with van der Waals surface area (Å²) in [6.45, 7) is -0.300. The Morgan fingerprint density at radius 2 is 1.83 bits per heavy atom. The fourth-order valence-electron chi connectivity index (χ4n) is 1.58. The summed E-state index contributed by atoms with van der Waals surface area (Å²) >= 11 is 0. The topological polar surface area (TPSA) is 35.5 Å². The lowest BCUT2D eigenvalue weighted by molar-refractivity contribution is -0.205. The lowest BCUT2D eigenvalue weighted by Gasteiger charge is -2.23. The van der Waals surface area contributed by atoms with Crippen LogP contribution in [0, 0.1) is 0 Å². The van der Waals surface area contributed by atoms with Crippen LogP contribution in [-0.2, 0) is 14.3 Å². The molecule has 0 bridgehead atoms. The van der Waals surface area contributed by atoms with Gasteiger partial charge in [0, 0.05) is 6.08 Å². The Morgan fingerprint density at radius 1 is 1.17 bits per heavy atom. The Morgan fingerprint density at radius 3 is 2.46 bits per heavy atom. The maximum Gasteiger partial charge on any atom is 0.336 e. The van der Waals surface area contributed by atoms with E-state index in [1.807, 2.05) is 6.07 Å². The van der Waals surface area contributed by atoms with Crippen LogP contribution in [0.4, 0.5) is 17.6 Å². The molecule has 0 aliphatic carbocycles. The lowest BCUT2D eigenvalue weighted by Crippen LogP contribution is -2.43. The number of rotatable bonds is 9. The van der Waals surface area contributed by atoms with Gasteiger partial charge in [0.15, 0.2) is 0 Å². The maximum atomic E-state index is 13.5. The van der Waals surface area contributed by atoms with Crippen molar-refractivity contribution >= 4 is 12.0 Å². The fourth-order valence-corrected chi connectivity index (χ4v) is 1.58. The second kappa shape index (κ2) is 9.22. The van der Waals surface area contributed by atoms with Crippen molar-refractivity contribution in [2.75, 3.05) is 19.8 Å². The standard InChI is InChI=1S/C17H18F4O3/c1-2-24-15(22)10-11-16(18,19)17(20,21)13-23-12-6-9-14-7-4-3-5-8-14/h3-11H,2,12-13H2,1H3/b9-6+,11-10+. The lowest BCUT2D eigenvalue weighted by atomic mass is 10.1. The molecule has 0 N–H and O–H groups in total. The van der Waals surface area contributed by atoms with E-state index < -0.39 is 24.4 Å². The van der Waals surface area contributed by atoms with E-state index in [0.717, 1.165) is 5.56 Å². The predicted molar refractivity (Wildman–Crippen MR) is 82.0 cm³/mol. The second-order valence-electron chi connectivity index (χ2n) is 4.74. The quantitative estimate of drug-likeness (QED) is 0.292. The van der Waals surface area contributed by atoms with Crippen molar-refractivity contribution in [3.05, 3.63) is 54.1 Å². The van der Waals surface area contributed by atoms with E-state index in [-0.39, 0.29) is 25.4 Å². The molecular weight excluding hydrogens is 328 g/mol. The van der Waals surface area contributed by atoms with Gasteiger partial charge in [-0.05, 0) is 18.6 Å². The first-order chi connectivity index (χ1) is 11.3. The van der Waals surface area contributed by atoms with Crippen molar-refractivity contribution in [3.63, 3.8) is 0 Å². The highest BCUT2D eigenvalue weighted by atomic mass is 19.3. The molecule has 0 fully saturated rings. The predicted octanol–water partition coefficient (Wildman–Crippen LogP) is 4.11. The molecule has 7 heteroatoms. The Balaban J connectivity index is 2.49. The zero-order chi connectivity index (χ0) is 18.1. The number of esters is 1. The highest BCUT2D eigenvalue weighted by Gasteiger charge is 2.54. The molecule has 0 heterocycles. The van der Waals surface area contributed by atoms with Crippen molar-refractivity contribution < 1.29 is 31.8 Å². The highest BCUT2D eigenvalue weighted by Crippen LogP contribution is 2.35. The van der Waals surface area contributed by atoms with Crippen LogP contribution in [0.1, 0.15) is 12.5 Å². The number of alkyl halides is 4. The van der Waals surface area contributed by atoms with Crippen molar-refractivity contribution in [1.29, 1.82) is 0 Å². The van der Waals surface area contributed by atoms with Gasteiger partial charge in [-0.3, -0.25) is 0 Å². The zero-order valence-electron chi connectivity index (χ0n) is 13.1. The molecule has 0 saturated carbocycles. The zero-order valence-corrected chi connectivity index (χ0v) is 13.1. The third-order valence-corrected chi connectivity index (χ3v) is 2.81. The Kier molecular flexibility index (Phi) is 7.64. The van der Waals surface area contributed by atoms with Crippen molar-refractivity contribution in [1.82, 2.24) is 0 Å². The normalized spacial score (nSPS) is 12.9. The Bertz CT molecular complexity index is 568. The summed E-state index contributed by atoms with van der Waals surface area (Å²) in [5.74, 6) is -10.1. The van der Waals surface area contributed by atoms with E-state index in [0.29, 0.717) is 0 Å². The monoisotopic (exact) mass is 346 g/mol. The molecule has 0 atom stereocenters. The maximum absolute atomic E-state index is 13.5. The molecule has 3 nitrogen and oxygen atoms in total. The molecule has 0 aromatic heterocycles. The Hall–Kier alpha value is -2.15. The average molecular weight is 346 g/mol. The summed E-state index contributed by atoms with van der Waals surface area (Å²) in [6, 6.07) is 9.00. The first-order valence-electron chi connectivity index (χ1n) is 7.19. The van der Waals surface area contributed by atoms with Crippen LogP contribution in [-0.4, -0.2) is 37.6 Å². The molecule has 0 radical (unpaired) electrons. The number of carbonyl (C=O) groups is 1. The van der Waals surface area contributed by atoms with Gasteiger partial charge >= 0.3 is 17.8 Å². The van der Waals surface area contributed by atoms with Crippen LogP contribution in [0.3, 0.4) is 0 Å². The van der Waals surface area contributed by atoms with Crippen LogP contribution in [0.2, 0.25) is 0 Å². The number of ether oxygens (including phenoxy) is 2. The number of halogens is 4. The van der Waals surface area contributed by atoms with Crippen LogP contribution >= 0.6 is 0 Å². The third-order valence-electron chi connectivity index (χ3n) is 2.81. The summed E-state index contributed by atoms with van der Waals surface area (Å²) < 4.78 is 62.8. The minimum Gasteiger partial charge on any atom is -0.463 e. The van der Waals surface area contributed by atoms with Gasteiger partial charge in [-0.25, -0.2) is 4.79 Å². The molecule has 0 amide bonds. The van der Waals surface area contributed by atoms with Gasteiger partial charge in [0.2, 0.25) is 0 Å². The number of benzene rings is 1. The Labute approximate surface area is 137 Å². The number of allylic oxidation sites excluding steroid dienone is 1. The molecule has 24 heavy (non-hydrogen) atoms. The van der Waals surface area contributed by atoms with E-state index in [1.165, 1.54) is 13.0 Å². The smallest absolute Gasteiger partial charge is 0.336 e. The van der Waals surface area contributed by atoms with Crippen molar-refractivity contribution in [2.45, 2.75) is 18.8 Å². The van der Waals surface area contributed by atoms with Crippen LogP contribution in [0.25, 0.3) is 6.08 Å². The van der Waals surface area contributed by atoms with Gasteiger partial charge in [0.25, 0.3) is 0 Å². The first kappa shape index (κ1) is 19.9. The summed E-state index contributed by atoms with van der Waals surface area (Å²) in [6.07, 6.45) is 3.18. The van der Waals surface area contributed by atoms with E-state index in [4.69, 9.17) is 0 Å². The van der Waals surface area contributed by atoms with Crippen molar-refractivity contribution in [2.24, 2.45) is 0 Å². The van der Waals surface area contributed by atoms with Gasteiger partial charge in [-0.1, -0.05) is 42.5 Å². The van der Waals surface area contributed by atoms with E-state index in [2.05, 4.69) is 9.47 Å². The molecule has 0 aliphatic heterocycles. The number of carbonyl (C=O) groups excluding carboxylic acids is 1. The fraction of sp³-hybridized carbons (Fsp3) is 0.353. The molecule has 1 aromatic carbocycles. The van der Waals surface area contributed by atoms with Gasteiger partial charge in [-0.2, -0.15) is 17.6 Å². The van der Waals surface area contributed by atoms with E-state index in [9.17, 15) is 22.4 Å². The van der Waals surface area contributed by atoms with Crippen LogP contribution < -0.4 is 0 Å². The summed E-state index contributed by atoms with van der Waals surface area (Å²) in [5, 5.41) is 0. The molecule has 0 saturated heterocycles. The summed E-state index contributed by atoms with van der Waals surface area (Å²) in [7, 11) is 0. The minimum absolute atomic E-state index is 0.0397. The molecular formula is C17H18F4O3. The van der Waals surface area contributed by atoms with Gasteiger partial charge in [0.05, 0.1) is 13.2 Å². The summed E-state index contributed by atoms with van der Waals surface area (Å²) in [4.78, 5) is 10.9. The third kappa shape index (κ3) is 6.54. The average Bonchev–Trinajstić information content (AvgIpc) is 2.54. The van der Waals surface area contributed by atoms with Gasteiger partial charge < -0.3 is 9.47 Å². The van der Waals surface area contributed by atoms with E-state index >= 15 is 0 Å². The van der Waals surface area contributed by atoms with Crippen LogP contribution in [0.15, 0.2) is 48.6 Å². The molecule has 0 unspecified atom stereocenters. The summed E-state index contributed by atoms with van der Waals surface area (Å²) in [5.41, 5.74) is 0.829. The molecule has 1 rings (SSSR count). The number of hydrogen-bond donors (Lipinski definition) is 0. The van der Waals surface area contributed by atoms with Crippen LogP contribution in [0.5, 0.6) is 0 Å². The largest absolute Gasteiger partial charge is 0.463 e. The molecule has 0 spiro atoms. The highest BCUT2D eigenvalue weighted by molar-refractivity contribution is 5.82. The SMILES string of the molecule is CCOC(=O)/C=C/C(F)(F)C(F)(F)COC/C=C/c1ccccc1. The number of hydrogen-bond acceptors (Lipinski definition) is 3. The minimum atomic E-state index is -4.52. The van der Waals surface area contributed by atoms with Crippen molar-refractivity contribution in [3.8, 4) is 0 Å². The molecule has 0 aliphatic rings. The van der Waals surface area contributed by atoms with E-state index in [1.54, 1.807) is 30.3 Å².